The maximum atomic E-state index is 14.2. The molecule has 41 heavy (non-hydrogen) atoms. The van der Waals surface area contributed by atoms with Crippen LogP contribution in [0.25, 0.3) is 23.7 Å². The van der Waals surface area contributed by atoms with Gasteiger partial charge in [0.05, 0.1) is 0 Å². The maximum absolute atomic E-state index is 14.2. The van der Waals surface area contributed by atoms with Gasteiger partial charge in [-0.1, -0.05) is 79.8 Å². The van der Waals surface area contributed by atoms with Crippen LogP contribution in [0.5, 0.6) is 0 Å². The number of halogens is 1. The van der Waals surface area contributed by atoms with E-state index in [0.717, 1.165) is 60.0 Å². The second kappa shape index (κ2) is 11.5. The van der Waals surface area contributed by atoms with Crippen LogP contribution < -0.4 is 5.30 Å². The zero-order valence-electron chi connectivity index (χ0n) is 22.4. The van der Waals surface area contributed by atoms with Crippen LogP contribution in [0.15, 0.2) is 92.4 Å². The Kier molecular flexibility index (Phi) is 7.93. The van der Waals surface area contributed by atoms with Gasteiger partial charge >= 0.3 is 7.82 Å². The molecule has 0 bridgehead atoms. The van der Waals surface area contributed by atoms with Crippen molar-refractivity contribution >= 4 is 69.6 Å². The van der Waals surface area contributed by atoms with Crippen LogP contribution in [-0.2, 0) is 26.5 Å². The van der Waals surface area contributed by atoms with E-state index in [0.29, 0.717) is 11.1 Å². The molecule has 4 nitrogen and oxygen atoms in total. The summed E-state index contributed by atoms with van der Waals surface area (Å²) in [6.45, 7) is 4.13. The molecule has 2 unspecified atom stereocenters. The van der Waals surface area contributed by atoms with Crippen LogP contribution >= 0.6 is 40.6 Å². The van der Waals surface area contributed by atoms with Gasteiger partial charge in [-0.2, -0.15) is 0 Å². The fraction of sp³-hybridized carbons (Fsp3) is 0.125. The summed E-state index contributed by atoms with van der Waals surface area (Å²) in [6.07, 6.45) is 4.95. The lowest BCUT2D eigenvalue weighted by molar-refractivity contribution is 0.264. The van der Waals surface area contributed by atoms with E-state index in [1.54, 1.807) is 30.0 Å². The highest BCUT2D eigenvalue weighted by Crippen LogP contribution is 2.56. The van der Waals surface area contributed by atoms with E-state index in [1.165, 1.54) is 23.9 Å². The zero-order valence-corrected chi connectivity index (χ0v) is 26.1. The molecule has 9 heteroatoms. The Bertz CT molecular complexity index is 1670. The van der Waals surface area contributed by atoms with Crippen LogP contribution in [-0.4, -0.2) is 4.89 Å². The Hall–Kier alpha value is -2.79. The third kappa shape index (κ3) is 5.80. The van der Waals surface area contributed by atoms with Gasteiger partial charge in [0, 0.05) is 30.7 Å². The van der Waals surface area contributed by atoms with E-state index >= 15 is 0 Å². The van der Waals surface area contributed by atoms with Crippen LogP contribution in [0.3, 0.4) is 0 Å². The summed E-state index contributed by atoms with van der Waals surface area (Å²) < 4.78 is 39.8. The van der Waals surface area contributed by atoms with Crippen molar-refractivity contribution in [3.8, 4) is 0 Å². The molecule has 2 aliphatic rings. The quantitative estimate of drug-likeness (QED) is 0.217. The predicted octanol–water partition coefficient (Wildman–Crippen LogP) is 9.21. The number of phosphoric acid groups is 1. The van der Waals surface area contributed by atoms with Crippen molar-refractivity contribution in [2.45, 2.75) is 46.3 Å². The molecule has 0 aromatic heterocycles. The highest BCUT2D eigenvalue weighted by molar-refractivity contribution is 7.99. The first-order valence-corrected chi connectivity index (χ1v) is 16.9. The number of phosphoric ester groups is 1. The maximum Gasteiger partial charge on any atom is 0.584 e. The van der Waals surface area contributed by atoms with Gasteiger partial charge in [-0.05, 0) is 82.9 Å². The molecule has 2 atom stereocenters. The van der Waals surface area contributed by atoms with Gasteiger partial charge in [-0.25, -0.2) is 8.96 Å². The van der Waals surface area contributed by atoms with Gasteiger partial charge in [0.25, 0.3) is 0 Å². The third-order valence-electron chi connectivity index (χ3n) is 6.92. The summed E-state index contributed by atoms with van der Waals surface area (Å²) in [7, 11) is -2.04. The van der Waals surface area contributed by atoms with Gasteiger partial charge in [0.15, 0.2) is 0 Å². The lowest BCUT2D eigenvalue weighted by Gasteiger charge is -2.20. The summed E-state index contributed by atoms with van der Waals surface area (Å²) >= 11 is 3.11. The summed E-state index contributed by atoms with van der Waals surface area (Å²) in [5.74, 6) is -0.000986. The van der Waals surface area contributed by atoms with Gasteiger partial charge in [-0.3, -0.25) is 4.89 Å². The van der Waals surface area contributed by atoms with E-state index in [9.17, 15) is 13.8 Å². The largest absolute Gasteiger partial charge is 0.584 e. The molecule has 0 fully saturated rings. The average molecular weight is 621 g/mol. The summed E-state index contributed by atoms with van der Waals surface area (Å²) in [5, 5.41) is 0.986. The second-order valence-electron chi connectivity index (χ2n) is 9.65. The molecule has 6 rings (SSSR count). The molecular formula is C32H27FO4P2S2. The minimum absolute atomic E-state index is 0.150. The fourth-order valence-electron chi connectivity index (χ4n) is 4.93. The molecule has 4 aromatic carbocycles. The number of benzene rings is 4. The first kappa shape index (κ1) is 28.3. The summed E-state index contributed by atoms with van der Waals surface area (Å²) in [4.78, 5) is 15.0. The zero-order chi connectivity index (χ0) is 28.7. The number of fused-ring (bicyclic) bond motifs is 4. The van der Waals surface area contributed by atoms with Gasteiger partial charge < -0.3 is 9.05 Å². The van der Waals surface area contributed by atoms with Gasteiger partial charge in [0.2, 0.25) is 0 Å². The van der Waals surface area contributed by atoms with Crippen molar-refractivity contribution in [3.05, 3.63) is 112 Å². The van der Waals surface area contributed by atoms with Crippen molar-refractivity contribution < 1.29 is 22.9 Å². The normalized spacial score (nSPS) is 15.0. The Morgan fingerprint density at radius 2 is 1.29 bits per heavy atom. The highest BCUT2D eigenvalue weighted by atomic mass is 32.2. The van der Waals surface area contributed by atoms with E-state index in [-0.39, 0.29) is 11.5 Å². The number of aryl methyl sites for hydroxylation is 2. The standard InChI is InChI=1S/C32H27FO4P2S2/c1-3-19-7-5-9-25-27(17-21-15-23(33)11-13-29(21)40-31(19)25)36-39(34,35)37-28-18-22-16-24(38)12-14-30(22)41-32-20(4-2)8-6-10-26(28)32/h5-18H,3-4,38H2,1-2H3,(H,34,35). The lowest BCUT2D eigenvalue weighted by Crippen LogP contribution is -1.99. The molecule has 1 N–H and O–H groups in total. The van der Waals surface area contributed by atoms with Crippen molar-refractivity contribution in [1.29, 1.82) is 0 Å². The first-order valence-electron chi connectivity index (χ1n) is 13.2. The molecule has 4 aromatic rings. The fourth-order valence-corrected chi connectivity index (χ4v) is 8.47. The smallest absolute Gasteiger partial charge is 0.394 e. The van der Waals surface area contributed by atoms with E-state index in [1.807, 2.05) is 55.5 Å². The van der Waals surface area contributed by atoms with Gasteiger partial charge in [0.1, 0.15) is 17.3 Å². The average Bonchev–Trinajstić information content (AvgIpc) is 3.19. The van der Waals surface area contributed by atoms with Crippen molar-refractivity contribution in [2.75, 3.05) is 0 Å². The highest BCUT2D eigenvalue weighted by Gasteiger charge is 2.33. The minimum Gasteiger partial charge on any atom is -0.394 e. The number of rotatable bonds is 6. The number of hydrogen-bond donors (Lipinski definition) is 1. The molecule has 0 radical (unpaired) electrons. The van der Waals surface area contributed by atoms with Crippen molar-refractivity contribution in [1.82, 2.24) is 0 Å². The summed E-state index contributed by atoms with van der Waals surface area (Å²) in [5.41, 5.74) is 4.99. The molecule has 0 aliphatic carbocycles. The Morgan fingerprint density at radius 1 is 0.780 bits per heavy atom. The van der Waals surface area contributed by atoms with E-state index in [4.69, 9.17) is 9.05 Å². The minimum atomic E-state index is -4.73. The summed E-state index contributed by atoms with van der Waals surface area (Å²) in [6, 6.07) is 22.2. The molecule has 2 aliphatic heterocycles. The van der Waals surface area contributed by atoms with Crippen molar-refractivity contribution in [2.24, 2.45) is 0 Å². The van der Waals surface area contributed by atoms with Crippen LogP contribution in [0.1, 0.15) is 47.2 Å². The molecule has 208 valence electrons. The second-order valence-corrected chi connectivity index (χ2v) is 13.7. The molecular weight excluding hydrogens is 593 g/mol. The Morgan fingerprint density at radius 3 is 1.83 bits per heavy atom. The van der Waals surface area contributed by atoms with Gasteiger partial charge in [-0.15, -0.1) is 9.24 Å². The van der Waals surface area contributed by atoms with Crippen molar-refractivity contribution in [3.63, 3.8) is 0 Å². The number of hydrogen-bond acceptors (Lipinski definition) is 5. The molecule has 0 amide bonds. The Labute approximate surface area is 249 Å². The van der Waals surface area contributed by atoms with Crippen LogP contribution in [0, 0.1) is 5.82 Å². The molecule has 0 spiro atoms. The van der Waals surface area contributed by atoms with Crippen LogP contribution in [0.4, 0.5) is 4.39 Å². The molecule has 2 heterocycles. The van der Waals surface area contributed by atoms with E-state index < -0.39 is 13.6 Å². The van der Waals surface area contributed by atoms with Crippen LogP contribution in [0.2, 0.25) is 0 Å². The lowest BCUT2D eigenvalue weighted by atomic mass is 10.1. The molecule has 0 saturated heterocycles. The SMILES string of the molecule is CCc1cccc2c1Sc1ccc(F)cc1C=C2OP(=O)(O)OC1=Cc2cc(P)ccc2Sc2c(CC)cccc21. The first-order chi connectivity index (χ1) is 19.7. The predicted molar refractivity (Wildman–Crippen MR) is 170 cm³/mol. The third-order valence-corrected chi connectivity index (χ3v) is 10.7. The topological polar surface area (TPSA) is 55.8 Å². The Balaban J connectivity index is 1.44. The van der Waals surface area contributed by atoms with E-state index in [2.05, 4.69) is 22.2 Å². The molecule has 0 saturated carbocycles. The monoisotopic (exact) mass is 620 g/mol.